The van der Waals surface area contributed by atoms with E-state index < -0.39 is 30.4 Å². The van der Waals surface area contributed by atoms with Gasteiger partial charge >= 0.3 is 5.97 Å². The van der Waals surface area contributed by atoms with Crippen LogP contribution in [0.4, 0.5) is 0 Å². The number of esters is 1. The Bertz CT molecular complexity index is 559. The second-order valence-electron chi connectivity index (χ2n) is 9.97. The van der Waals surface area contributed by atoms with Gasteiger partial charge in [0.15, 0.2) is 6.10 Å². The number of carbonyl (C=O) groups excluding carboxylic acids is 2. The van der Waals surface area contributed by atoms with Gasteiger partial charge in [-0.15, -0.1) is 0 Å². The van der Waals surface area contributed by atoms with Gasteiger partial charge in [-0.1, -0.05) is 64.0 Å². The van der Waals surface area contributed by atoms with Crippen LogP contribution in [0.5, 0.6) is 0 Å². The van der Waals surface area contributed by atoms with Crippen LogP contribution in [-0.2, 0) is 14.3 Å². The molecule has 0 aromatic rings. The average Bonchev–Trinajstić information content (AvgIpc) is 2.69. The lowest BCUT2D eigenvalue weighted by molar-refractivity contribution is -0.873. The lowest BCUT2D eigenvalue weighted by Gasteiger charge is -2.29. The van der Waals surface area contributed by atoms with Crippen molar-refractivity contribution in [3.8, 4) is 0 Å². The van der Waals surface area contributed by atoms with Crippen molar-refractivity contribution in [2.45, 2.75) is 108 Å². The van der Waals surface area contributed by atoms with Crippen LogP contribution in [0.15, 0.2) is 12.2 Å². The van der Waals surface area contributed by atoms with E-state index in [2.05, 4.69) is 6.92 Å². The number of aliphatic hydroxyl groups excluding tert-OH is 3. The molecule has 0 saturated heterocycles. The van der Waals surface area contributed by atoms with Crippen LogP contribution in [0.25, 0.3) is 0 Å². The number of nitrogens with zero attached hydrogens (tertiary/aromatic N) is 1. The number of rotatable bonds is 20. The highest BCUT2D eigenvalue weighted by molar-refractivity contribution is 5.70. The third-order valence-electron chi connectivity index (χ3n) is 5.35. The molecule has 4 unspecified atom stereocenters. The van der Waals surface area contributed by atoms with Gasteiger partial charge in [0.2, 0.25) is 0 Å². The number of aliphatic hydroxyl groups is 3. The molecule has 8 heteroatoms. The van der Waals surface area contributed by atoms with Gasteiger partial charge in [0.05, 0.1) is 39.5 Å². The molecule has 0 rings (SSSR count). The Hall–Kier alpha value is -1.48. The van der Waals surface area contributed by atoms with Gasteiger partial charge in [0.25, 0.3) is 0 Å². The van der Waals surface area contributed by atoms with Gasteiger partial charge in [-0.05, 0) is 19.3 Å². The van der Waals surface area contributed by atoms with Crippen LogP contribution in [0.2, 0.25) is 0 Å². The van der Waals surface area contributed by atoms with Crippen molar-refractivity contribution in [1.82, 2.24) is 0 Å². The van der Waals surface area contributed by atoms with E-state index in [1.54, 1.807) is 6.08 Å². The Balaban J connectivity index is 3.96. The number of quaternary nitrogens is 1. The fourth-order valence-corrected chi connectivity index (χ4v) is 3.58. The minimum Gasteiger partial charge on any atom is -0.550 e. The zero-order valence-corrected chi connectivity index (χ0v) is 21.1. The molecule has 8 nitrogen and oxygen atoms in total. The van der Waals surface area contributed by atoms with Crippen LogP contribution in [-0.4, -0.2) is 83.8 Å². The predicted octanol–water partition coefficient (Wildman–Crippen LogP) is 1.69. The van der Waals surface area contributed by atoms with Crippen LogP contribution < -0.4 is 5.11 Å². The molecule has 194 valence electrons. The standard InChI is InChI=1S/C25H47NO7/c1-5-6-10-14-22(28)23(29)17-16-20(27)13-11-8-7-9-12-15-25(32)33-21(18-24(30)31)19-26(2,3)4/h16-17,20-23,27-29H,5-15,18-19H2,1-4H3/b17-16+. The van der Waals surface area contributed by atoms with E-state index >= 15 is 0 Å². The minimum absolute atomic E-state index is 0.254. The summed E-state index contributed by atoms with van der Waals surface area (Å²) in [6.45, 7) is 2.49. The molecule has 33 heavy (non-hydrogen) atoms. The first-order chi connectivity index (χ1) is 15.4. The summed E-state index contributed by atoms with van der Waals surface area (Å²) >= 11 is 0. The number of unbranched alkanes of at least 4 members (excludes halogenated alkanes) is 6. The molecular formula is C25H47NO7. The topological polar surface area (TPSA) is 127 Å². The molecule has 0 aromatic heterocycles. The van der Waals surface area contributed by atoms with Gasteiger partial charge in [-0.3, -0.25) is 4.79 Å². The molecule has 0 spiro atoms. The van der Waals surface area contributed by atoms with Crippen molar-refractivity contribution in [1.29, 1.82) is 0 Å². The second kappa shape index (κ2) is 17.9. The summed E-state index contributed by atoms with van der Waals surface area (Å²) in [6.07, 6.45) is 8.15. The molecule has 0 aromatic carbocycles. The molecule has 0 amide bonds. The summed E-state index contributed by atoms with van der Waals surface area (Å²) in [4.78, 5) is 22.9. The van der Waals surface area contributed by atoms with E-state index in [1.807, 2.05) is 21.1 Å². The summed E-state index contributed by atoms with van der Waals surface area (Å²) in [6, 6.07) is 0. The van der Waals surface area contributed by atoms with Crippen molar-refractivity contribution < 1.29 is 39.2 Å². The zero-order chi connectivity index (χ0) is 25.3. The number of hydrogen-bond donors (Lipinski definition) is 3. The molecule has 3 N–H and O–H groups in total. The Morgan fingerprint density at radius 3 is 2.12 bits per heavy atom. The predicted molar refractivity (Wildman–Crippen MR) is 126 cm³/mol. The first kappa shape index (κ1) is 31.5. The number of carboxylic acid groups (broad SMARTS) is 1. The monoisotopic (exact) mass is 473 g/mol. The van der Waals surface area contributed by atoms with Crippen LogP contribution >= 0.6 is 0 Å². The maximum Gasteiger partial charge on any atom is 0.306 e. The lowest BCUT2D eigenvalue weighted by atomic mass is 10.0. The minimum atomic E-state index is -1.23. The average molecular weight is 474 g/mol. The summed E-state index contributed by atoms with van der Waals surface area (Å²) in [5, 5.41) is 40.7. The Labute approximate surface area is 199 Å². The van der Waals surface area contributed by atoms with E-state index in [-0.39, 0.29) is 18.8 Å². The zero-order valence-electron chi connectivity index (χ0n) is 21.1. The molecule has 0 radical (unpaired) electrons. The van der Waals surface area contributed by atoms with Gasteiger partial charge in [0.1, 0.15) is 6.54 Å². The third-order valence-corrected chi connectivity index (χ3v) is 5.35. The summed E-state index contributed by atoms with van der Waals surface area (Å²) in [5.74, 6) is -1.61. The smallest absolute Gasteiger partial charge is 0.306 e. The quantitative estimate of drug-likeness (QED) is 0.106. The molecule has 0 bridgehead atoms. The van der Waals surface area contributed by atoms with E-state index in [0.29, 0.717) is 30.3 Å². The Morgan fingerprint density at radius 2 is 1.52 bits per heavy atom. The normalized spacial score (nSPS) is 15.8. The van der Waals surface area contributed by atoms with Gasteiger partial charge in [-0.2, -0.15) is 0 Å². The largest absolute Gasteiger partial charge is 0.550 e. The number of hydrogen-bond acceptors (Lipinski definition) is 7. The van der Waals surface area contributed by atoms with Crippen molar-refractivity contribution in [2.75, 3.05) is 27.7 Å². The van der Waals surface area contributed by atoms with E-state index in [4.69, 9.17) is 4.74 Å². The fourth-order valence-electron chi connectivity index (χ4n) is 3.58. The molecule has 0 heterocycles. The van der Waals surface area contributed by atoms with Crippen molar-refractivity contribution in [3.63, 3.8) is 0 Å². The van der Waals surface area contributed by atoms with E-state index in [0.717, 1.165) is 44.9 Å². The Morgan fingerprint density at radius 1 is 0.909 bits per heavy atom. The molecule has 0 fully saturated rings. The van der Waals surface area contributed by atoms with Gasteiger partial charge in [-0.25, -0.2) is 0 Å². The van der Waals surface area contributed by atoms with Crippen LogP contribution in [0.1, 0.15) is 84.0 Å². The molecule has 0 aliphatic heterocycles. The highest BCUT2D eigenvalue weighted by Gasteiger charge is 2.22. The first-order valence-electron chi connectivity index (χ1n) is 12.4. The molecule has 4 atom stereocenters. The maximum atomic E-state index is 12.0. The number of ether oxygens (including phenoxy) is 1. The van der Waals surface area contributed by atoms with E-state index in [9.17, 15) is 30.0 Å². The molecular weight excluding hydrogens is 426 g/mol. The fraction of sp³-hybridized carbons (Fsp3) is 0.840. The summed E-state index contributed by atoms with van der Waals surface area (Å²) in [5.41, 5.74) is 0. The molecule has 0 aliphatic carbocycles. The van der Waals surface area contributed by atoms with Crippen LogP contribution in [0.3, 0.4) is 0 Å². The molecule has 0 aliphatic rings. The number of carbonyl (C=O) groups is 2. The second-order valence-corrected chi connectivity index (χ2v) is 9.97. The maximum absolute atomic E-state index is 12.0. The van der Waals surface area contributed by atoms with Gasteiger partial charge in [0, 0.05) is 18.8 Å². The van der Waals surface area contributed by atoms with Crippen molar-refractivity contribution in [3.05, 3.63) is 12.2 Å². The number of carboxylic acids is 1. The van der Waals surface area contributed by atoms with Gasteiger partial charge < -0.3 is 34.4 Å². The van der Waals surface area contributed by atoms with Crippen LogP contribution in [0, 0.1) is 0 Å². The molecule has 0 saturated carbocycles. The SMILES string of the molecule is CCCCCC(O)C(O)/C=C/C(O)CCCCCCCC(=O)OC(CC(=O)[O-])C[N+](C)(C)C. The highest BCUT2D eigenvalue weighted by atomic mass is 16.5. The van der Waals surface area contributed by atoms with Crippen molar-refractivity contribution >= 4 is 11.9 Å². The summed E-state index contributed by atoms with van der Waals surface area (Å²) < 4.78 is 5.82. The third kappa shape index (κ3) is 19.7. The lowest BCUT2D eigenvalue weighted by Crippen LogP contribution is -2.45. The summed E-state index contributed by atoms with van der Waals surface area (Å²) in [7, 11) is 5.72. The Kier molecular flexibility index (Phi) is 17.1. The highest BCUT2D eigenvalue weighted by Crippen LogP contribution is 2.13. The first-order valence-corrected chi connectivity index (χ1v) is 12.4. The number of likely N-dealkylation sites (N-methyl/N-ethyl adjacent to an activating group) is 1. The van der Waals surface area contributed by atoms with Crippen molar-refractivity contribution in [2.24, 2.45) is 0 Å². The van der Waals surface area contributed by atoms with E-state index in [1.165, 1.54) is 6.08 Å². The number of aliphatic carboxylic acids is 1.